The quantitative estimate of drug-likeness (QED) is 0.802. The van der Waals surface area contributed by atoms with Gasteiger partial charge in [-0.25, -0.2) is 8.78 Å². The van der Waals surface area contributed by atoms with Crippen LogP contribution in [0, 0.1) is 0 Å². The minimum absolute atomic E-state index is 0.0179. The summed E-state index contributed by atoms with van der Waals surface area (Å²) >= 11 is 3.00. The molecule has 0 aliphatic rings. The van der Waals surface area contributed by atoms with Crippen LogP contribution in [-0.2, 0) is 16.0 Å². The maximum atomic E-state index is 12.4. The Hall–Kier alpha value is -1.04. The zero-order chi connectivity index (χ0) is 12.1. The lowest BCUT2D eigenvalue weighted by atomic mass is 10.2. The highest BCUT2D eigenvalue weighted by atomic mass is 79.9. The fraction of sp³-hybridized carbons (Fsp3) is 0.400. The summed E-state index contributed by atoms with van der Waals surface area (Å²) in [6, 6.07) is 1.40. The number of carbonyl (C=O) groups excluding carboxylic acids is 1. The van der Waals surface area contributed by atoms with Gasteiger partial charge in [-0.3, -0.25) is 9.78 Å². The summed E-state index contributed by atoms with van der Waals surface area (Å²) < 4.78 is 29.7. The van der Waals surface area contributed by atoms with Gasteiger partial charge in [0.1, 0.15) is 0 Å². The second-order valence-corrected chi connectivity index (χ2v) is 3.83. The smallest absolute Gasteiger partial charge is 0.311 e. The topological polar surface area (TPSA) is 39.2 Å². The Morgan fingerprint density at radius 1 is 1.62 bits per heavy atom. The van der Waals surface area contributed by atoms with Crippen molar-refractivity contribution in [2.45, 2.75) is 19.8 Å². The first-order chi connectivity index (χ1) is 7.54. The molecule has 1 heterocycles. The molecule has 0 N–H and O–H groups in total. The van der Waals surface area contributed by atoms with Gasteiger partial charge in [0, 0.05) is 10.7 Å². The lowest BCUT2D eigenvalue weighted by Gasteiger charge is -2.05. The Morgan fingerprint density at radius 2 is 2.31 bits per heavy atom. The van der Waals surface area contributed by atoms with Crippen LogP contribution in [0.1, 0.15) is 24.6 Å². The summed E-state index contributed by atoms with van der Waals surface area (Å²) in [4.78, 5) is 14.9. The molecule has 1 aromatic rings. The van der Waals surface area contributed by atoms with Crippen molar-refractivity contribution in [3.05, 3.63) is 28.0 Å². The van der Waals surface area contributed by atoms with Gasteiger partial charge < -0.3 is 4.74 Å². The van der Waals surface area contributed by atoms with E-state index in [0.29, 0.717) is 5.69 Å². The van der Waals surface area contributed by atoms with Gasteiger partial charge in [-0.1, -0.05) is 15.9 Å². The summed E-state index contributed by atoms with van der Waals surface area (Å²) in [6.45, 7) is 1.98. The van der Waals surface area contributed by atoms with E-state index in [2.05, 4.69) is 20.9 Å². The molecule has 3 nitrogen and oxygen atoms in total. The van der Waals surface area contributed by atoms with Gasteiger partial charge in [-0.15, -0.1) is 0 Å². The van der Waals surface area contributed by atoms with Crippen LogP contribution in [0.5, 0.6) is 0 Å². The van der Waals surface area contributed by atoms with Crippen LogP contribution in [-0.4, -0.2) is 17.6 Å². The molecule has 0 fully saturated rings. The molecule has 16 heavy (non-hydrogen) atoms. The zero-order valence-corrected chi connectivity index (χ0v) is 10.1. The van der Waals surface area contributed by atoms with E-state index in [1.54, 1.807) is 6.92 Å². The molecule has 0 saturated carbocycles. The first kappa shape index (κ1) is 13.0. The SMILES string of the molecule is CCOC(=O)Cc1cc(Br)c(C(F)F)cn1. The number of pyridine rings is 1. The summed E-state index contributed by atoms with van der Waals surface area (Å²) in [5.41, 5.74) is 0.210. The lowest BCUT2D eigenvalue weighted by Crippen LogP contribution is -2.09. The van der Waals surface area contributed by atoms with Gasteiger partial charge >= 0.3 is 5.97 Å². The maximum Gasteiger partial charge on any atom is 0.311 e. The molecule has 0 aromatic carbocycles. The number of aromatic nitrogens is 1. The predicted molar refractivity (Wildman–Crippen MR) is 57.2 cm³/mol. The molecule has 1 rings (SSSR count). The standard InChI is InChI=1S/C10H10BrF2NO2/c1-2-16-9(15)4-6-3-8(11)7(5-14-6)10(12)13/h3,5,10H,2,4H2,1H3. The van der Waals surface area contributed by atoms with Crippen molar-refractivity contribution < 1.29 is 18.3 Å². The van der Waals surface area contributed by atoms with Crippen molar-refractivity contribution in [1.29, 1.82) is 0 Å². The molecule has 1 aromatic heterocycles. The van der Waals surface area contributed by atoms with Gasteiger partial charge in [-0.05, 0) is 13.0 Å². The van der Waals surface area contributed by atoms with Crippen LogP contribution in [0.25, 0.3) is 0 Å². The number of nitrogens with zero attached hydrogens (tertiary/aromatic N) is 1. The van der Waals surface area contributed by atoms with E-state index in [4.69, 9.17) is 4.74 Å². The van der Waals surface area contributed by atoms with Crippen molar-refractivity contribution in [3.63, 3.8) is 0 Å². The molecular weight excluding hydrogens is 284 g/mol. The number of alkyl halides is 2. The summed E-state index contributed by atoms with van der Waals surface area (Å²) in [5, 5.41) is 0. The fourth-order valence-corrected chi connectivity index (χ4v) is 1.64. The molecule has 0 atom stereocenters. The highest BCUT2D eigenvalue weighted by Gasteiger charge is 2.14. The van der Waals surface area contributed by atoms with Crippen LogP contribution in [0.15, 0.2) is 16.7 Å². The third-order valence-corrected chi connectivity index (χ3v) is 2.49. The number of ether oxygens (including phenoxy) is 1. The summed E-state index contributed by atoms with van der Waals surface area (Å²) in [6.07, 6.45) is -1.54. The number of carbonyl (C=O) groups is 1. The van der Waals surface area contributed by atoms with E-state index in [9.17, 15) is 13.6 Å². The Labute approximate surface area is 99.9 Å². The normalized spacial score (nSPS) is 10.6. The molecule has 0 aliphatic carbocycles. The van der Waals surface area contributed by atoms with E-state index >= 15 is 0 Å². The van der Waals surface area contributed by atoms with E-state index in [0.717, 1.165) is 6.20 Å². The monoisotopic (exact) mass is 293 g/mol. The third-order valence-electron chi connectivity index (χ3n) is 1.80. The number of esters is 1. The van der Waals surface area contributed by atoms with E-state index in [1.807, 2.05) is 0 Å². The van der Waals surface area contributed by atoms with Gasteiger partial charge in [0.25, 0.3) is 6.43 Å². The minimum atomic E-state index is -2.58. The van der Waals surface area contributed by atoms with Crippen molar-refractivity contribution in [2.75, 3.05) is 6.61 Å². The first-order valence-electron chi connectivity index (χ1n) is 4.62. The molecule has 0 radical (unpaired) electrons. The predicted octanol–water partition coefficient (Wildman–Crippen LogP) is 2.89. The van der Waals surface area contributed by atoms with E-state index in [-0.39, 0.29) is 23.1 Å². The van der Waals surface area contributed by atoms with Gasteiger partial charge in [0.05, 0.1) is 24.3 Å². The Balaban J connectivity index is 2.77. The van der Waals surface area contributed by atoms with Crippen LogP contribution in [0.2, 0.25) is 0 Å². The molecule has 0 aliphatic heterocycles. The molecule has 0 saturated heterocycles. The molecule has 0 spiro atoms. The lowest BCUT2D eigenvalue weighted by molar-refractivity contribution is -0.142. The average molecular weight is 294 g/mol. The van der Waals surface area contributed by atoms with E-state index < -0.39 is 12.4 Å². The van der Waals surface area contributed by atoms with Crippen molar-refractivity contribution in [2.24, 2.45) is 0 Å². The number of hydrogen-bond acceptors (Lipinski definition) is 3. The van der Waals surface area contributed by atoms with Crippen molar-refractivity contribution in [1.82, 2.24) is 4.98 Å². The third kappa shape index (κ3) is 3.52. The molecular formula is C10H10BrF2NO2. The minimum Gasteiger partial charge on any atom is -0.466 e. The second-order valence-electron chi connectivity index (χ2n) is 2.98. The number of hydrogen-bond donors (Lipinski definition) is 0. The maximum absolute atomic E-state index is 12.4. The average Bonchev–Trinajstić information content (AvgIpc) is 2.17. The zero-order valence-electron chi connectivity index (χ0n) is 8.54. The number of halogens is 3. The van der Waals surface area contributed by atoms with Crippen LogP contribution in [0.3, 0.4) is 0 Å². The van der Waals surface area contributed by atoms with Crippen molar-refractivity contribution >= 4 is 21.9 Å². The fourth-order valence-electron chi connectivity index (χ4n) is 1.10. The summed E-state index contributed by atoms with van der Waals surface area (Å²) in [7, 11) is 0. The van der Waals surface area contributed by atoms with Crippen LogP contribution < -0.4 is 0 Å². The van der Waals surface area contributed by atoms with Crippen LogP contribution in [0.4, 0.5) is 8.78 Å². The van der Waals surface area contributed by atoms with Gasteiger partial charge in [-0.2, -0.15) is 0 Å². The van der Waals surface area contributed by atoms with Gasteiger partial charge in [0.15, 0.2) is 0 Å². The Morgan fingerprint density at radius 3 is 2.81 bits per heavy atom. The first-order valence-corrected chi connectivity index (χ1v) is 5.42. The highest BCUT2D eigenvalue weighted by molar-refractivity contribution is 9.10. The molecule has 0 bridgehead atoms. The second kappa shape index (κ2) is 5.89. The van der Waals surface area contributed by atoms with Gasteiger partial charge in [0.2, 0.25) is 0 Å². The molecule has 0 unspecified atom stereocenters. The van der Waals surface area contributed by atoms with Crippen molar-refractivity contribution in [3.8, 4) is 0 Å². The Kier molecular flexibility index (Phi) is 4.79. The number of rotatable bonds is 4. The van der Waals surface area contributed by atoms with Crippen LogP contribution >= 0.6 is 15.9 Å². The Bertz CT molecular complexity index is 385. The largest absolute Gasteiger partial charge is 0.466 e. The van der Waals surface area contributed by atoms with E-state index in [1.165, 1.54) is 6.07 Å². The highest BCUT2D eigenvalue weighted by Crippen LogP contribution is 2.26. The molecule has 6 heteroatoms. The molecule has 0 amide bonds. The summed E-state index contributed by atoms with van der Waals surface area (Å²) in [5.74, 6) is -0.424. The molecule has 88 valence electrons.